The molecule has 1 N–H and O–H groups in total. The third-order valence-corrected chi connectivity index (χ3v) is 4.73. The van der Waals surface area contributed by atoms with Crippen molar-refractivity contribution >= 4 is 0 Å². The summed E-state index contributed by atoms with van der Waals surface area (Å²) in [4.78, 5) is 2.58. The van der Waals surface area contributed by atoms with Crippen LogP contribution in [0.4, 0.5) is 0 Å². The van der Waals surface area contributed by atoms with Gasteiger partial charge < -0.3 is 9.73 Å². The molecule has 1 aromatic rings. The molecule has 0 spiro atoms. The third kappa shape index (κ3) is 3.21. The average molecular weight is 264 g/mol. The molecule has 0 aromatic carbocycles. The van der Waals surface area contributed by atoms with Crippen LogP contribution >= 0.6 is 0 Å². The summed E-state index contributed by atoms with van der Waals surface area (Å²) in [6, 6.07) is 5.69. The molecular formula is C16H28N2O. The van der Waals surface area contributed by atoms with E-state index in [0.717, 1.165) is 18.8 Å². The van der Waals surface area contributed by atoms with Crippen LogP contribution in [0.25, 0.3) is 0 Å². The van der Waals surface area contributed by atoms with Crippen LogP contribution in [0.3, 0.4) is 0 Å². The van der Waals surface area contributed by atoms with Crippen molar-refractivity contribution in [2.45, 2.75) is 58.7 Å². The summed E-state index contributed by atoms with van der Waals surface area (Å²) in [5.74, 6) is 1.76. The molecule has 1 aliphatic rings. The first-order valence-electron chi connectivity index (χ1n) is 7.67. The maximum absolute atomic E-state index is 5.57. The highest BCUT2D eigenvalue weighted by Crippen LogP contribution is 2.31. The minimum Gasteiger partial charge on any atom is -0.468 e. The van der Waals surface area contributed by atoms with E-state index in [-0.39, 0.29) is 0 Å². The topological polar surface area (TPSA) is 28.4 Å². The van der Waals surface area contributed by atoms with Crippen LogP contribution in [0.15, 0.2) is 22.8 Å². The summed E-state index contributed by atoms with van der Waals surface area (Å²) in [6.45, 7) is 11.5. The second-order valence-electron chi connectivity index (χ2n) is 5.88. The Hall–Kier alpha value is -0.800. The molecular weight excluding hydrogens is 236 g/mol. The van der Waals surface area contributed by atoms with Crippen LogP contribution in [0, 0.1) is 5.92 Å². The molecule has 2 rings (SSSR count). The van der Waals surface area contributed by atoms with Crippen molar-refractivity contribution in [2.24, 2.45) is 5.92 Å². The SMILES string of the molecule is CCCNC1CCN(C(C)c2ccco2)C(C)C1C. The number of piperidine rings is 1. The van der Waals surface area contributed by atoms with Crippen molar-refractivity contribution in [3.63, 3.8) is 0 Å². The van der Waals surface area contributed by atoms with E-state index in [9.17, 15) is 0 Å². The fourth-order valence-electron chi connectivity index (χ4n) is 3.25. The highest BCUT2D eigenvalue weighted by molar-refractivity contribution is 5.05. The Kier molecular flexibility index (Phi) is 5.06. The number of hydrogen-bond donors (Lipinski definition) is 1. The van der Waals surface area contributed by atoms with Gasteiger partial charge in [0.25, 0.3) is 0 Å². The number of likely N-dealkylation sites (tertiary alicyclic amines) is 1. The fourth-order valence-corrected chi connectivity index (χ4v) is 3.25. The maximum atomic E-state index is 5.57. The number of rotatable bonds is 5. The van der Waals surface area contributed by atoms with Gasteiger partial charge in [0.2, 0.25) is 0 Å². The zero-order chi connectivity index (χ0) is 13.8. The summed E-state index contributed by atoms with van der Waals surface area (Å²) in [5.41, 5.74) is 0. The molecule has 108 valence electrons. The first-order chi connectivity index (χ1) is 9.15. The van der Waals surface area contributed by atoms with Crippen molar-refractivity contribution in [1.29, 1.82) is 0 Å². The Morgan fingerprint density at radius 2 is 2.26 bits per heavy atom. The van der Waals surface area contributed by atoms with E-state index in [2.05, 4.69) is 44.0 Å². The molecule has 4 atom stereocenters. The molecule has 0 aliphatic carbocycles. The lowest BCUT2D eigenvalue weighted by Gasteiger charge is -2.45. The zero-order valence-corrected chi connectivity index (χ0v) is 12.7. The summed E-state index contributed by atoms with van der Waals surface area (Å²) >= 11 is 0. The maximum Gasteiger partial charge on any atom is 0.120 e. The van der Waals surface area contributed by atoms with E-state index < -0.39 is 0 Å². The van der Waals surface area contributed by atoms with Gasteiger partial charge >= 0.3 is 0 Å². The van der Waals surface area contributed by atoms with E-state index in [4.69, 9.17) is 4.42 Å². The zero-order valence-electron chi connectivity index (χ0n) is 12.7. The van der Waals surface area contributed by atoms with Gasteiger partial charge in [0.05, 0.1) is 12.3 Å². The molecule has 0 bridgehead atoms. The normalized spacial score (nSPS) is 30.4. The van der Waals surface area contributed by atoms with Gasteiger partial charge in [-0.15, -0.1) is 0 Å². The molecule has 1 fully saturated rings. The Labute approximate surface area is 117 Å². The monoisotopic (exact) mass is 264 g/mol. The Bertz CT molecular complexity index is 363. The third-order valence-electron chi connectivity index (χ3n) is 4.73. The Morgan fingerprint density at radius 3 is 2.89 bits per heavy atom. The smallest absolute Gasteiger partial charge is 0.120 e. The predicted molar refractivity (Wildman–Crippen MR) is 79.2 cm³/mol. The number of furan rings is 1. The first-order valence-corrected chi connectivity index (χ1v) is 7.67. The molecule has 19 heavy (non-hydrogen) atoms. The van der Waals surface area contributed by atoms with Crippen molar-refractivity contribution < 1.29 is 4.42 Å². The van der Waals surface area contributed by atoms with Gasteiger partial charge in [-0.05, 0) is 51.3 Å². The van der Waals surface area contributed by atoms with E-state index in [1.165, 1.54) is 12.8 Å². The Morgan fingerprint density at radius 1 is 1.47 bits per heavy atom. The average Bonchev–Trinajstić information content (AvgIpc) is 2.94. The van der Waals surface area contributed by atoms with Crippen molar-refractivity contribution in [2.75, 3.05) is 13.1 Å². The second-order valence-corrected chi connectivity index (χ2v) is 5.88. The van der Waals surface area contributed by atoms with Crippen LogP contribution in [0.2, 0.25) is 0 Å². The fraction of sp³-hybridized carbons (Fsp3) is 0.750. The molecule has 1 saturated heterocycles. The molecule has 0 amide bonds. The highest BCUT2D eigenvalue weighted by atomic mass is 16.3. The number of nitrogens with zero attached hydrogens (tertiary/aromatic N) is 1. The lowest BCUT2D eigenvalue weighted by molar-refractivity contribution is 0.0448. The van der Waals surface area contributed by atoms with Crippen LogP contribution < -0.4 is 5.32 Å². The van der Waals surface area contributed by atoms with Crippen LogP contribution in [-0.2, 0) is 0 Å². The molecule has 0 radical (unpaired) electrons. The Balaban J connectivity index is 1.98. The van der Waals surface area contributed by atoms with Crippen molar-refractivity contribution in [1.82, 2.24) is 10.2 Å². The van der Waals surface area contributed by atoms with Crippen LogP contribution in [0.5, 0.6) is 0 Å². The molecule has 1 aromatic heterocycles. The van der Waals surface area contributed by atoms with Gasteiger partial charge in [-0.1, -0.05) is 13.8 Å². The lowest BCUT2D eigenvalue weighted by Crippen LogP contribution is -2.53. The van der Waals surface area contributed by atoms with Crippen LogP contribution in [-0.4, -0.2) is 30.1 Å². The minimum absolute atomic E-state index is 0.375. The standard InChI is InChI=1S/C16H28N2O/c1-5-9-17-15-8-10-18(13(3)12(15)2)14(4)16-7-6-11-19-16/h6-7,11-15,17H,5,8-10H2,1-4H3. The van der Waals surface area contributed by atoms with Gasteiger partial charge in [-0.3, -0.25) is 4.90 Å². The summed E-state index contributed by atoms with van der Waals surface area (Å²) < 4.78 is 5.57. The molecule has 2 heterocycles. The lowest BCUT2D eigenvalue weighted by atomic mass is 9.86. The van der Waals surface area contributed by atoms with Gasteiger partial charge in [0, 0.05) is 18.6 Å². The van der Waals surface area contributed by atoms with Gasteiger partial charge in [-0.25, -0.2) is 0 Å². The van der Waals surface area contributed by atoms with Gasteiger partial charge in [0.15, 0.2) is 0 Å². The molecule has 3 nitrogen and oxygen atoms in total. The summed E-state index contributed by atoms with van der Waals surface area (Å²) in [7, 11) is 0. The molecule has 0 saturated carbocycles. The summed E-state index contributed by atoms with van der Waals surface area (Å²) in [6.07, 6.45) is 4.22. The number of hydrogen-bond acceptors (Lipinski definition) is 3. The summed E-state index contributed by atoms with van der Waals surface area (Å²) in [5, 5.41) is 3.70. The highest BCUT2D eigenvalue weighted by Gasteiger charge is 2.35. The van der Waals surface area contributed by atoms with E-state index >= 15 is 0 Å². The van der Waals surface area contributed by atoms with E-state index in [0.29, 0.717) is 24.0 Å². The first kappa shape index (κ1) is 14.6. The second kappa shape index (κ2) is 6.58. The van der Waals surface area contributed by atoms with Gasteiger partial charge in [-0.2, -0.15) is 0 Å². The predicted octanol–water partition coefficient (Wildman–Crippen LogP) is 3.44. The molecule has 1 aliphatic heterocycles. The molecule has 3 heteroatoms. The number of nitrogens with one attached hydrogen (secondary N) is 1. The van der Waals surface area contributed by atoms with Gasteiger partial charge in [0.1, 0.15) is 5.76 Å². The molecule has 4 unspecified atom stereocenters. The quantitative estimate of drug-likeness (QED) is 0.883. The van der Waals surface area contributed by atoms with Crippen LogP contribution in [0.1, 0.15) is 52.3 Å². The largest absolute Gasteiger partial charge is 0.468 e. The minimum atomic E-state index is 0.375. The van der Waals surface area contributed by atoms with Crippen molar-refractivity contribution in [3.8, 4) is 0 Å². The van der Waals surface area contributed by atoms with E-state index in [1.54, 1.807) is 6.26 Å². The van der Waals surface area contributed by atoms with Crippen molar-refractivity contribution in [3.05, 3.63) is 24.2 Å². The van der Waals surface area contributed by atoms with E-state index in [1.807, 2.05) is 6.07 Å².